The summed E-state index contributed by atoms with van der Waals surface area (Å²) in [5.41, 5.74) is 1.86. The molecule has 212 valence electrons. The van der Waals surface area contributed by atoms with Gasteiger partial charge in [0.1, 0.15) is 12.4 Å². The van der Waals surface area contributed by atoms with Crippen molar-refractivity contribution in [3.63, 3.8) is 0 Å². The minimum Gasteiger partial charge on any atom is -0.429 e. The van der Waals surface area contributed by atoms with Crippen molar-refractivity contribution in [2.75, 3.05) is 26.4 Å². The van der Waals surface area contributed by atoms with Gasteiger partial charge in [-0.25, -0.2) is 9.59 Å². The van der Waals surface area contributed by atoms with Gasteiger partial charge < -0.3 is 33.0 Å². The molecular formula is C31H31BO9. The average molecular weight is 558 g/mol. The molecule has 5 rings (SSSR count). The summed E-state index contributed by atoms with van der Waals surface area (Å²) in [5, 5.41) is 0. The van der Waals surface area contributed by atoms with E-state index in [1.54, 1.807) is 55.5 Å². The van der Waals surface area contributed by atoms with E-state index in [2.05, 4.69) is 0 Å². The lowest BCUT2D eigenvalue weighted by molar-refractivity contribution is -0.231. The van der Waals surface area contributed by atoms with E-state index in [1.807, 2.05) is 42.5 Å². The van der Waals surface area contributed by atoms with Gasteiger partial charge in [-0.15, -0.1) is 0 Å². The topological polar surface area (TPSA) is 98.8 Å². The first-order valence-corrected chi connectivity index (χ1v) is 13.4. The molecule has 9 nitrogen and oxygen atoms in total. The normalized spacial score (nSPS) is 20.9. The first kappa shape index (κ1) is 28.6. The summed E-state index contributed by atoms with van der Waals surface area (Å²) < 4.78 is 39.1. The molecule has 0 atom stereocenters. The van der Waals surface area contributed by atoms with Crippen LogP contribution in [-0.2, 0) is 34.9 Å². The molecule has 3 aromatic carbocycles. The Balaban J connectivity index is 1.07. The molecule has 2 saturated heterocycles. The molecule has 41 heavy (non-hydrogen) atoms. The summed E-state index contributed by atoms with van der Waals surface area (Å²) in [5.74, 6) is -0.0355. The lowest BCUT2D eigenvalue weighted by Crippen LogP contribution is -2.47. The maximum Gasteiger partial charge on any atom is 0.509 e. The summed E-state index contributed by atoms with van der Waals surface area (Å²) in [6.45, 7) is 3.33. The fraction of sp³-hybridized carbons (Fsp3) is 0.290. The standard InChI is InChI=1S/C31H31BO9/c1-31(41-30(34)35-20-23-12-15-26(16-13-23)32-38-18-7-19-39-32)21-36-28(37-22-31)17-14-24-8-5-6-11-27(24)40-29(33)25-9-3-2-4-10-25/h2-6,8-17,28H,7,18-22H2,1H3/b17-14+. The van der Waals surface area contributed by atoms with Crippen LogP contribution < -0.4 is 10.2 Å². The Bertz CT molecular complexity index is 1330. The third kappa shape index (κ3) is 8.05. The van der Waals surface area contributed by atoms with E-state index in [0.29, 0.717) is 30.1 Å². The second-order valence-electron chi connectivity index (χ2n) is 9.90. The Kier molecular flexibility index (Phi) is 9.48. The molecule has 2 aliphatic heterocycles. The third-order valence-electron chi connectivity index (χ3n) is 6.44. The first-order valence-electron chi connectivity index (χ1n) is 13.4. The van der Waals surface area contributed by atoms with E-state index in [9.17, 15) is 9.59 Å². The van der Waals surface area contributed by atoms with Gasteiger partial charge in [0.05, 0.1) is 18.8 Å². The number of hydrogen-bond donors (Lipinski definition) is 0. The molecule has 0 amide bonds. The smallest absolute Gasteiger partial charge is 0.429 e. The molecular weight excluding hydrogens is 527 g/mol. The maximum absolute atomic E-state index is 12.5. The van der Waals surface area contributed by atoms with Crippen LogP contribution in [0.1, 0.15) is 34.8 Å². The van der Waals surface area contributed by atoms with Crippen LogP contribution in [0.4, 0.5) is 4.79 Å². The highest BCUT2D eigenvalue weighted by Gasteiger charge is 2.36. The van der Waals surface area contributed by atoms with Crippen molar-refractivity contribution in [3.05, 3.63) is 102 Å². The molecule has 2 heterocycles. The summed E-state index contributed by atoms with van der Waals surface area (Å²) in [6.07, 6.45) is 2.87. The van der Waals surface area contributed by atoms with E-state index in [1.165, 1.54) is 0 Å². The highest BCUT2D eigenvalue weighted by molar-refractivity contribution is 6.61. The number of carbonyl (C=O) groups excluding carboxylic acids is 2. The van der Waals surface area contributed by atoms with Gasteiger partial charge in [-0.3, -0.25) is 0 Å². The van der Waals surface area contributed by atoms with Gasteiger partial charge in [0, 0.05) is 18.8 Å². The van der Waals surface area contributed by atoms with E-state index in [-0.39, 0.29) is 26.9 Å². The van der Waals surface area contributed by atoms with E-state index >= 15 is 0 Å². The van der Waals surface area contributed by atoms with Crippen LogP contribution in [0.15, 0.2) is 84.9 Å². The van der Waals surface area contributed by atoms with Gasteiger partial charge in [0.25, 0.3) is 0 Å². The second kappa shape index (κ2) is 13.6. The number of esters is 1. The van der Waals surface area contributed by atoms with Crippen molar-refractivity contribution >= 4 is 30.8 Å². The number of carbonyl (C=O) groups is 2. The van der Waals surface area contributed by atoms with E-state index < -0.39 is 24.0 Å². The zero-order chi connectivity index (χ0) is 28.5. The minimum atomic E-state index is -1.01. The molecule has 10 heteroatoms. The largest absolute Gasteiger partial charge is 0.509 e. The predicted octanol–water partition coefficient (Wildman–Crippen LogP) is 4.54. The van der Waals surface area contributed by atoms with Crippen LogP contribution in [-0.4, -0.2) is 57.6 Å². The lowest BCUT2D eigenvalue weighted by atomic mass is 9.78. The Morgan fingerprint density at radius 1 is 0.927 bits per heavy atom. The van der Waals surface area contributed by atoms with Gasteiger partial charge in [-0.2, -0.15) is 0 Å². The van der Waals surface area contributed by atoms with Crippen molar-refractivity contribution < 1.29 is 42.6 Å². The molecule has 3 aromatic rings. The molecule has 0 aromatic heterocycles. The monoisotopic (exact) mass is 558 g/mol. The van der Waals surface area contributed by atoms with Crippen LogP contribution in [0.5, 0.6) is 5.75 Å². The Labute approximate surface area is 239 Å². The number of rotatable bonds is 8. The molecule has 0 unspecified atom stereocenters. The van der Waals surface area contributed by atoms with Crippen LogP contribution >= 0.6 is 0 Å². The summed E-state index contributed by atoms with van der Waals surface area (Å²) in [7, 11) is -0.361. The lowest BCUT2D eigenvalue weighted by Gasteiger charge is -2.35. The zero-order valence-electron chi connectivity index (χ0n) is 22.7. The minimum absolute atomic E-state index is 0.0584. The molecule has 2 fully saturated rings. The molecule has 0 bridgehead atoms. The Morgan fingerprint density at radius 3 is 2.34 bits per heavy atom. The Morgan fingerprint density at radius 2 is 1.61 bits per heavy atom. The molecule has 0 N–H and O–H groups in total. The fourth-order valence-electron chi connectivity index (χ4n) is 4.23. The van der Waals surface area contributed by atoms with Gasteiger partial charge in [-0.1, -0.05) is 66.7 Å². The number of para-hydroxylation sites is 1. The molecule has 0 radical (unpaired) electrons. The fourth-order valence-corrected chi connectivity index (χ4v) is 4.23. The van der Waals surface area contributed by atoms with Gasteiger partial charge >= 0.3 is 19.2 Å². The van der Waals surface area contributed by atoms with Crippen molar-refractivity contribution in [2.45, 2.75) is 31.8 Å². The number of hydrogen-bond acceptors (Lipinski definition) is 9. The second-order valence-corrected chi connectivity index (χ2v) is 9.90. The van der Waals surface area contributed by atoms with Crippen molar-refractivity contribution in [3.8, 4) is 5.75 Å². The molecule has 0 spiro atoms. The average Bonchev–Trinajstić information content (AvgIpc) is 3.01. The summed E-state index contributed by atoms with van der Waals surface area (Å²) >= 11 is 0. The van der Waals surface area contributed by atoms with E-state index in [4.69, 9.17) is 33.0 Å². The quantitative estimate of drug-likeness (QED) is 0.224. The van der Waals surface area contributed by atoms with Crippen LogP contribution in [0, 0.1) is 0 Å². The highest BCUT2D eigenvalue weighted by Crippen LogP contribution is 2.24. The summed E-state index contributed by atoms with van der Waals surface area (Å²) in [4.78, 5) is 24.8. The van der Waals surface area contributed by atoms with Crippen LogP contribution in [0.25, 0.3) is 6.08 Å². The molecule has 0 saturated carbocycles. The molecule has 0 aliphatic carbocycles. The molecule has 2 aliphatic rings. The van der Waals surface area contributed by atoms with Crippen molar-refractivity contribution in [1.29, 1.82) is 0 Å². The van der Waals surface area contributed by atoms with Gasteiger partial charge in [0.2, 0.25) is 0 Å². The van der Waals surface area contributed by atoms with Crippen LogP contribution in [0.2, 0.25) is 0 Å². The van der Waals surface area contributed by atoms with Crippen molar-refractivity contribution in [2.24, 2.45) is 0 Å². The maximum atomic E-state index is 12.5. The number of benzene rings is 3. The number of ether oxygens (including phenoxy) is 5. The Hall–Kier alpha value is -3.96. The van der Waals surface area contributed by atoms with Crippen LogP contribution in [0.3, 0.4) is 0 Å². The third-order valence-corrected chi connectivity index (χ3v) is 6.44. The van der Waals surface area contributed by atoms with E-state index in [0.717, 1.165) is 17.4 Å². The zero-order valence-corrected chi connectivity index (χ0v) is 22.7. The SMILES string of the molecule is CC1(OC(=O)OCc2ccc(B3OCCCO3)cc2)COC(/C=C/c2ccccc2OC(=O)c2ccccc2)OC1. The van der Waals surface area contributed by atoms with Crippen molar-refractivity contribution in [1.82, 2.24) is 0 Å². The predicted molar refractivity (Wildman–Crippen MR) is 151 cm³/mol. The van der Waals surface area contributed by atoms with Gasteiger partial charge in [0.15, 0.2) is 11.9 Å². The summed E-state index contributed by atoms with van der Waals surface area (Å²) in [6, 6.07) is 23.4. The van der Waals surface area contributed by atoms with Gasteiger partial charge in [-0.05, 0) is 48.6 Å². The first-order chi connectivity index (χ1) is 20.0. The highest BCUT2D eigenvalue weighted by atomic mass is 16.8.